The third-order valence-corrected chi connectivity index (χ3v) is 3.39. The van der Waals surface area contributed by atoms with Gasteiger partial charge in [0.15, 0.2) is 11.4 Å². The fourth-order valence-electron chi connectivity index (χ4n) is 2.09. The van der Waals surface area contributed by atoms with Gasteiger partial charge < -0.3 is 9.73 Å². The lowest BCUT2D eigenvalue weighted by Gasteiger charge is -2.04. The van der Waals surface area contributed by atoms with Crippen molar-refractivity contribution in [3.63, 3.8) is 0 Å². The number of carbonyl (C=O) groups is 1. The van der Waals surface area contributed by atoms with Crippen LogP contribution in [0, 0.1) is 13.8 Å². The van der Waals surface area contributed by atoms with Crippen molar-refractivity contribution in [3.8, 4) is 0 Å². The molecule has 2 aromatic heterocycles. The molecule has 0 unspecified atom stereocenters. The maximum atomic E-state index is 12.1. The molecule has 108 valence electrons. The molecule has 0 fully saturated rings. The lowest BCUT2D eigenvalue weighted by Crippen LogP contribution is -2.25. The zero-order chi connectivity index (χ0) is 15.0. The Morgan fingerprint density at radius 3 is 2.86 bits per heavy atom. The molecule has 1 aromatic carbocycles. The van der Waals surface area contributed by atoms with E-state index in [0.717, 1.165) is 11.3 Å². The van der Waals surface area contributed by atoms with E-state index in [-0.39, 0.29) is 12.5 Å². The molecular formula is C14H14N4O3. The van der Waals surface area contributed by atoms with Crippen molar-refractivity contribution in [2.24, 2.45) is 0 Å². The van der Waals surface area contributed by atoms with Crippen LogP contribution in [0.25, 0.3) is 11.1 Å². The van der Waals surface area contributed by atoms with Gasteiger partial charge in [-0.25, -0.2) is 4.79 Å². The summed E-state index contributed by atoms with van der Waals surface area (Å²) in [5.74, 6) is -0.419. The van der Waals surface area contributed by atoms with Gasteiger partial charge in [-0.15, -0.1) is 0 Å². The normalized spacial score (nSPS) is 11.0. The summed E-state index contributed by atoms with van der Waals surface area (Å²) in [4.78, 5) is 23.9. The Morgan fingerprint density at radius 1 is 1.38 bits per heavy atom. The number of oxazole rings is 1. The molecule has 0 radical (unpaired) electrons. The van der Waals surface area contributed by atoms with Crippen LogP contribution in [0.3, 0.4) is 0 Å². The van der Waals surface area contributed by atoms with Crippen LogP contribution in [-0.2, 0) is 11.3 Å². The van der Waals surface area contributed by atoms with Gasteiger partial charge in [0.1, 0.15) is 6.54 Å². The van der Waals surface area contributed by atoms with Crippen molar-refractivity contribution in [2.45, 2.75) is 20.4 Å². The molecule has 0 atom stereocenters. The zero-order valence-corrected chi connectivity index (χ0v) is 11.6. The summed E-state index contributed by atoms with van der Waals surface area (Å²) in [5, 5.41) is 9.47. The van der Waals surface area contributed by atoms with Crippen LogP contribution in [0.4, 0.5) is 5.82 Å². The molecule has 0 spiro atoms. The van der Waals surface area contributed by atoms with Gasteiger partial charge in [0.25, 0.3) is 0 Å². The van der Waals surface area contributed by atoms with Gasteiger partial charge in [-0.05, 0) is 26.0 Å². The SMILES string of the molecule is Cc1[nH]nc(NC(=O)Cn2c(=O)oc3ccccc32)c1C. The first-order chi connectivity index (χ1) is 10.1. The van der Waals surface area contributed by atoms with E-state index in [1.165, 1.54) is 4.57 Å². The molecule has 0 bridgehead atoms. The van der Waals surface area contributed by atoms with E-state index >= 15 is 0 Å². The summed E-state index contributed by atoms with van der Waals surface area (Å²) >= 11 is 0. The van der Waals surface area contributed by atoms with Crippen molar-refractivity contribution < 1.29 is 9.21 Å². The predicted octanol–water partition coefficient (Wildman–Crippen LogP) is 1.57. The van der Waals surface area contributed by atoms with Gasteiger partial charge in [-0.3, -0.25) is 14.5 Å². The summed E-state index contributed by atoms with van der Waals surface area (Å²) in [5.41, 5.74) is 2.80. The third kappa shape index (κ3) is 2.33. The number of carbonyl (C=O) groups excluding carboxylic acids is 1. The highest BCUT2D eigenvalue weighted by molar-refractivity contribution is 5.91. The summed E-state index contributed by atoms with van der Waals surface area (Å²) in [6, 6.07) is 6.97. The average molecular weight is 286 g/mol. The highest BCUT2D eigenvalue weighted by Crippen LogP contribution is 2.15. The van der Waals surface area contributed by atoms with Crippen LogP contribution in [0.1, 0.15) is 11.3 Å². The number of nitrogens with zero attached hydrogens (tertiary/aromatic N) is 2. The zero-order valence-electron chi connectivity index (χ0n) is 11.6. The maximum Gasteiger partial charge on any atom is 0.420 e. The second-order valence-corrected chi connectivity index (χ2v) is 4.79. The molecule has 1 amide bonds. The molecule has 7 heteroatoms. The van der Waals surface area contributed by atoms with Gasteiger partial charge in [-0.1, -0.05) is 12.1 Å². The van der Waals surface area contributed by atoms with E-state index in [4.69, 9.17) is 4.42 Å². The molecule has 2 heterocycles. The number of fused-ring (bicyclic) bond motifs is 1. The Morgan fingerprint density at radius 2 is 2.14 bits per heavy atom. The minimum atomic E-state index is -0.554. The van der Waals surface area contributed by atoms with E-state index in [9.17, 15) is 9.59 Å². The largest absolute Gasteiger partial charge is 0.420 e. The van der Waals surface area contributed by atoms with Gasteiger partial charge in [-0.2, -0.15) is 5.10 Å². The smallest absolute Gasteiger partial charge is 0.408 e. The second-order valence-electron chi connectivity index (χ2n) is 4.79. The number of aryl methyl sites for hydroxylation is 1. The molecule has 3 aromatic rings. The predicted molar refractivity (Wildman–Crippen MR) is 77.2 cm³/mol. The first-order valence-corrected chi connectivity index (χ1v) is 6.46. The minimum absolute atomic E-state index is 0.124. The molecule has 0 saturated carbocycles. The second kappa shape index (κ2) is 4.93. The Hall–Kier alpha value is -2.83. The summed E-state index contributed by atoms with van der Waals surface area (Å²) < 4.78 is 6.37. The number of aromatic amines is 1. The van der Waals surface area contributed by atoms with Gasteiger partial charge in [0.05, 0.1) is 5.52 Å². The first kappa shape index (κ1) is 13.2. The van der Waals surface area contributed by atoms with Gasteiger partial charge in [0, 0.05) is 11.3 Å². The number of hydrogen-bond donors (Lipinski definition) is 2. The van der Waals surface area contributed by atoms with Crippen molar-refractivity contribution in [2.75, 3.05) is 5.32 Å². The van der Waals surface area contributed by atoms with Gasteiger partial charge >= 0.3 is 5.76 Å². The summed E-state index contributed by atoms with van der Waals surface area (Å²) in [6.07, 6.45) is 0. The van der Waals surface area contributed by atoms with E-state index < -0.39 is 5.76 Å². The average Bonchev–Trinajstić information content (AvgIpc) is 2.94. The number of rotatable bonds is 3. The topological polar surface area (TPSA) is 92.9 Å². The summed E-state index contributed by atoms with van der Waals surface area (Å²) in [6.45, 7) is 3.60. The van der Waals surface area contributed by atoms with Crippen LogP contribution < -0.4 is 11.1 Å². The highest BCUT2D eigenvalue weighted by atomic mass is 16.4. The number of aromatic nitrogens is 3. The first-order valence-electron chi connectivity index (χ1n) is 6.46. The standard InChI is InChI=1S/C14H14N4O3/c1-8-9(2)16-17-13(8)15-12(19)7-18-10-5-3-4-6-11(10)21-14(18)20/h3-6H,7H2,1-2H3,(H2,15,16,17,19). The van der Waals surface area contributed by atoms with Crippen molar-refractivity contribution in [3.05, 3.63) is 46.1 Å². The fourth-order valence-corrected chi connectivity index (χ4v) is 2.09. The Balaban J connectivity index is 1.85. The van der Waals surface area contributed by atoms with Crippen molar-refractivity contribution in [1.29, 1.82) is 0 Å². The number of amides is 1. The fraction of sp³-hybridized carbons (Fsp3) is 0.214. The lowest BCUT2D eigenvalue weighted by molar-refractivity contribution is -0.116. The minimum Gasteiger partial charge on any atom is -0.408 e. The van der Waals surface area contributed by atoms with Crippen LogP contribution in [0.2, 0.25) is 0 Å². The van der Waals surface area contributed by atoms with Gasteiger partial charge in [0.2, 0.25) is 5.91 Å². The number of anilines is 1. The number of H-pyrrole nitrogens is 1. The number of para-hydroxylation sites is 2. The Kier molecular flexibility index (Phi) is 3.09. The molecule has 3 rings (SSSR count). The number of nitrogens with one attached hydrogen (secondary N) is 2. The molecule has 7 nitrogen and oxygen atoms in total. The molecule has 2 N–H and O–H groups in total. The van der Waals surface area contributed by atoms with Crippen LogP contribution in [0.5, 0.6) is 0 Å². The van der Waals surface area contributed by atoms with E-state index in [1.54, 1.807) is 24.3 Å². The van der Waals surface area contributed by atoms with Crippen LogP contribution in [0.15, 0.2) is 33.5 Å². The monoisotopic (exact) mass is 286 g/mol. The molecule has 0 aliphatic rings. The molecule has 21 heavy (non-hydrogen) atoms. The van der Waals surface area contributed by atoms with E-state index in [2.05, 4.69) is 15.5 Å². The van der Waals surface area contributed by atoms with Crippen LogP contribution in [-0.4, -0.2) is 20.7 Å². The molecule has 0 saturated heterocycles. The molecule has 0 aliphatic heterocycles. The van der Waals surface area contributed by atoms with E-state index in [0.29, 0.717) is 16.9 Å². The maximum absolute atomic E-state index is 12.1. The molecule has 0 aliphatic carbocycles. The Bertz CT molecular complexity index is 872. The molecular weight excluding hydrogens is 272 g/mol. The quantitative estimate of drug-likeness (QED) is 0.764. The third-order valence-electron chi connectivity index (χ3n) is 3.39. The number of benzene rings is 1. The van der Waals surface area contributed by atoms with Crippen LogP contribution >= 0.6 is 0 Å². The van der Waals surface area contributed by atoms with E-state index in [1.807, 2.05) is 13.8 Å². The lowest BCUT2D eigenvalue weighted by atomic mass is 10.3. The highest BCUT2D eigenvalue weighted by Gasteiger charge is 2.14. The number of hydrogen-bond acceptors (Lipinski definition) is 4. The Labute approximate surface area is 119 Å². The summed E-state index contributed by atoms with van der Waals surface area (Å²) in [7, 11) is 0. The van der Waals surface area contributed by atoms with Crippen molar-refractivity contribution >= 4 is 22.8 Å². The van der Waals surface area contributed by atoms with Crippen molar-refractivity contribution in [1.82, 2.24) is 14.8 Å².